The fraction of sp³-hybridized carbons (Fsp3) is 0.200. The van der Waals surface area contributed by atoms with Crippen molar-refractivity contribution in [2.45, 2.75) is 23.8 Å². The van der Waals surface area contributed by atoms with Gasteiger partial charge in [0.25, 0.3) is 11.6 Å². The van der Waals surface area contributed by atoms with Crippen molar-refractivity contribution in [1.82, 2.24) is 4.31 Å². The SMILES string of the molecule is O=C(COC(=O)C[C@H]1c2ccccc2CCN1S(=O)(=O)c1ccccc1)Nc1cc([N+](=O)[O-])ccc1F. The number of carbonyl (C=O) groups is 2. The van der Waals surface area contributed by atoms with Crippen LogP contribution in [0.15, 0.2) is 77.7 Å². The highest BCUT2D eigenvalue weighted by Gasteiger charge is 2.37. The summed E-state index contributed by atoms with van der Waals surface area (Å²) in [5, 5.41) is 13.0. The zero-order valence-electron chi connectivity index (χ0n) is 19.4. The zero-order chi connectivity index (χ0) is 26.6. The zero-order valence-corrected chi connectivity index (χ0v) is 20.2. The van der Waals surface area contributed by atoms with Crippen molar-refractivity contribution in [2.24, 2.45) is 0 Å². The Hall–Kier alpha value is -4.16. The van der Waals surface area contributed by atoms with Crippen molar-refractivity contribution in [3.05, 3.63) is 99.9 Å². The predicted molar refractivity (Wildman–Crippen MR) is 130 cm³/mol. The smallest absolute Gasteiger partial charge is 0.308 e. The molecule has 3 aromatic carbocycles. The lowest BCUT2D eigenvalue weighted by Gasteiger charge is -2.36. The molecule has 12 heteroatoms. The molecule has 0 fully saturated rings. The molecule has 0 bridgehead atoms. The van der Waals surface area contributed by atoms with E-state index in [-0.39, 0.29) is 17.9 Å². The summed E-state index contributed by atoms with van der Waals surface area (Å²) in [5.41, 5.74) is 0.702. The first-order chi connectivity index (χ1) is 17.7. The fourth-order valence-electron chi connectivity index (χ4n) is 4.13. The van der Waals surface area contributed by atoms with Crippen LogP contribution in [0.3, 0.4) is 0 Å². The van der Waals surface area contributed by atoms with Crippen LogP contribution < -0.4 is 5.32 Å². The lowest BCUT2D eigenvalue weighted by Crippen LogP contribution is -2.41. The second kappa shape index (κ2) is 10.8. The van der Waals surface area contributed by atoms with E-state index in [0.29, 0.717) is 12.0 Å². The van der Waals surface area contributed by atoms with Gasteiger partial charge in [-0.2, -0.15) is 4.31 Å². The molecule has 0 saturated carbocycles. The van der Waals surface area contributed by atoms with Crippen LogP contribution in [0.1, 0.15) is 23.6 Å². The molecule has 0 aromatic heterocycles. The first-order valence-electron chi connectivity index (χ1n) is 11.2. The number of nitrogens with one attached hydrogen (secondary N) is 1. The van der Waals surface area contributed by atoms with Crippen LogP contribution in [0, 0.1) is 15.9 Å². The summed E-state index contributed by atoms with van der Waals surface area (Å²) >= 11 is 0. The molecule has 4 rings (SSSR count). The summed E-state index contributed by atoms with van der Waals surface area (Å²) < 4.78 is 47.0. The number of nitrogens with zero attached hydrogens (tertiary/aromatic N) is 2. The van der Waals surface area contributed by atoms with Crippen molar-refractivity contribution in [2.75, 3.05) is 18.5 Å². The van der Waals surface area contributed by atoms with E-state index in [4.69, 9.17) is 4.74 Å². The quantitative estimate of drug-likeness (QED) is 0.269. The van der Waals surface area contributed by atoms with Crippen LogP contribution in [0.2, 0.25) is 0 Å². The number of hydrogen-bond acceptors (Lipinski definition) is 7. The molecule has 1 aliphatic heterocycles. The van der Waals surface area contributed by atoms with Gasteiger partial charge in [-0.3, -0.25) is 19.7 Å². The molecule has 0 radical (unpaired) electrons. The Kier molecular flexibility index (Phi) is 7.60. The summed E-state index contributed by atoms with van der Waals surface area (Å²) in [4.78, 5) is 35.2. The van der Waals surface area contributed by atoms with Gasteiger partial charge in [-0.1, -0.05) is 42.5 Å². The predicted octanol–water partition coefficient (Wildman–Crippen LogP) is 3.59. The number of non-ortho nitro benzene ring substituents is 1. The molecule has 0 spiro atoms. The van der Waals surface area contributed by atoms with Crippen LogP contribution in [0.25, 0.3) is 0 Å². The van der Waals surface area contributed by atoms with Gasteiger partial charge < -0.3 is 10.1 Å². The lowest BCUT2D eigenvalue weighted by atomic mass is 9.92. The minimum atomic E-state index is -3.94. The number of benzene rings is 3. The van der Waals surface area contributed by atoms with Crippen LogP contribution >= 0.6 is 0 Å². The van der Waals surface area contributed by atoms with Gasteiger partial charge in [-0.05, 0) is 35.7 Å². The van der Waals surface area contributed by atoms with E-state index in [2.05, 4.69) is 5.32 Å². The van der Waals surface area contributed by atoms with Gasteiger partial charge in [0.15, 0.2) is 6.61 Å². The summed E-state index contributed by atoms with van der Waals surface area (Å²) in [6.45, 7) is -0.639. The molecule has 1 atom stereocenters. The molecular formula is C25H22FN3O7S. The summed E-state index contributed by atoms with van der Waals surface area (Å²) in [5.74, 6) is -2.65. The highest BCUT2D eigenvalue weighted by Crippen LogP contribution is 2.36. The van der Waals surface area contributed by atoms with Crippen molar-refractivity contribution in [3.8, 4) is 0 Å². The fourth-order valence-corrected chi connectivity index (χ4v) is 5.75. The van der Waals surface area contributed by atoms with E-state index in [1.807, 2.05) is 12.1 Å². The van der Waals surface area contributed by atoms with Gasteiger partial charge in [-0.15, -0.1) is 0 Å². The topological polar surface area (TPSA) is 136 Å². The van der Waals surface area contributed by atoms with Gasteiger partial charge in [0.2, 0.25) is 10.0 Å². The highest BCUT2D eigenvalue weighted by atomic mass is 32.2. The molecule has 1 N–H and O–H groups in total. The number of anilines is 1. The number of sulfonamides is 1. The molecule has 192 valence electrons. The molecule has 37 heavy (non-hydrogen) atoms. The number of hydrogen-bond donors (Lipinski definition) is 1. The van der Waals surface area contributed by atoms with Crippen molar-refractivity contribution in [3.63, 3.8) is 0 Å². The minimum absolute atomic E-state index is 0.0890. The maximum Gasteiger partial charge on any atom is 0.308 e. The van der Waals surface area contributed by atoms with Crippen LogP contribution in [0.4, 0.5) is 15.8 Å². The number of amides is 1. The Morgan fingerprint density at radius 1 is 1.08 bits per heavy atom. The van der Waals surface area contributed by atoms with Crippen molar-refractivity contribution in [1.29, 1.82) is 0 Å². The summed E-state index contributed by atoms with van der Waals surface area (Å²) in [6, 6.07) is 16.8. The maximum atomic E-state index is 13.9. The molecule has 0 saturated heterocycles. The first kappa shape index (κ1) is 25.9. The third-order valence-electron chi connectivity index (χ3n) is 5.87. The Balaban J connectivity index is 1.48. The van der Waals surface area contributed by atoms with Crippen molar-refractivity contribution >= 4 is 33.3 Å². The number of carbonyl (C=O) groups excluding carboxylic acids is 2. The summed E-state index contributed by atoms with van der Waals surface area (Å²) in [7, 11) is -3.94. The van der Waals surface area contributed by atoms with Crippen molar-refractivity contribution < 1.29 is 32.1 Å². The largest absolute Gasteiger partial charge is 0.456 e. The molecule has 1 aliphatic rings. The average molecular weight is 528 g/mol. The molecule has 0 unspecified atom stereocenters. The minimum Gasteiger partial charge on any atom is -0.456 e. The number of ether oxygens (including phenoxy) is 1. The molecule has 3 aromatic rings. The number of fused-ring (bicyclic) bond motifs is 1. The van der Waals surface area contributed by atoms with E-state index in [1.54, 1.807) is 30.3 Å². The number of halogens is 1. The normalized spacial score (nSPS) is 15.4. The van der Waals surface area contributed by atoms with Gasteiger partial charge in [0.05, 0.1) is 28.0 Å². The van der Waals surface area contributed by atoms with Gasteiger partial charge in [0, 0.05) is 18.7 Å². The number of esters is 1. The van der Waals surface area contributed by atoms with E-state index in [0.717, 1.165) is 23.8 Å². The van der Waals surface area contributed by atoms with Crippen LogP contribution in [-0.2, 0) is 30.8 Å². The first-order valence-corrected chi connectivity index (χ1v) is 12.6. The van der Waals surface area contributed by atoms with E-state index in [1.165, 1.54) is 16.4 Å². The number of nitro benzene ring substituents is 1. The van der Waals surface area contributed by atoms with Crippen LogP contribution in [-0.4, -0.2) is 42.7 Å². The third-order valence-corrected chi connectivity index (χ3v) is 7.79. The van der Waals surface area contributed by atoms with E-state index >= 15 is 0 Å². The van der Waals surface area contributed by atoms with Gasteiger partial charge in [-0.25, -0.2) is 12.8 Å². The van der Waals surface area contributed by atoms with Gasteiger partial charge in [0.1, 0.15) is 5.82 Å². The Morgan fingerprint density at radius 3 is 2.51 bits per heavy atom. The number of rotatable bonds is 8. The van der Waals surface area contributed by atoms with Crippen LogP contribution in [0.5, 0.6) is 0 Å². The Bertz CT molecular complexity index is 1450. The second-order valence-corrected chi connectivity index (χ2v) is 10.1. The second-order valence-electron chi connectivity index (χ2n) is 8.23. The Labute approximate surface area is 211 Å². The lowest BCUT2D eigenvalue weighted by molar-refractivity contribution is -0.384. The molecule has 1 heterocycles. The summed E-state index contributed by atoms with van der Waals surface area (Å²) in [6.07, 6.45) is 0.104. The standard InChI is InChI=1S/C25H22FN3O7S/c26-21-11-10-18(29(32)33)14-22(21)27-24(30)16-36-25(31)15-23-20-9-5-4-6-17(20)12-13-28(23)37(34,35)19-7-2-1-3-8-19/h1-11,14,23H,12-13,15-16H2,(H,27,30)/t23-/m0/s1. The van der Waals surface area contributed by atoms with E-state index in [9.17, 15) is 32.5 Å². The Morgan fingerprint density at radius 2 is 1.78 bits per heavy atom. The van der Waals surface area contributed by atoms with E-state index < -0.39 is 56.7 Å². The molecule has 0 aliphatic carbocycles. The van der Waals surface area contributed by atoms with Gasteiger partial charge >= 0.3 is 5.97 Å². The molecule has 1 amide bonds. The average Bonchev–Trinajstić information content (AvgIpc) is 2.89. The molecule has 10 nitrogen and oxygen atoms in total. The molecular weight excluding hydrogens is 505 g/mol. The third kappa shape index (κ3) is 5.81. The number of nitro groups is 1. The monoisotopic (exact) mass is 527 g/mol. The highest BCUT2D eigenvalue weighted by molar-refractivity contribution is 7.89. The maximum absolute atomic E-state index is 13.9.